The van der Waals surface area contributed by atoms with Crippen LogP contribution in [0.15, 0.2) is 41.8 Å². The second-order valence-electron chi connectivity index (χ2n) is 6.88. The number of thiophene rings is 1. The van der Waals surface area contributed by atoms with Crippen molar-refractivity contribution in [3.05, 3.63) is 52.2 Å². The maximum atomic E-state index is 12.5. The zero-order valence-corrected chi connectivity index (χ0v) is 16.8. The lowest BCUT2D eigenvalue weighted by molar-refractivity contribution is -0.116. The summed E-state index contributed by atoms with van der Waals surface area (Å²) in [5, 5.41) is 5.15. The number of amides is 1. The van der Waals surface area contributed by atoms with Gasteiger partial charge in [-0.1, -0.05) is 12.1 Å². The van der Waals surface area contributed by atoms with Crippen LogP contribution in [0, 0.1) is 0 Å². The number of fused-ring (bicyclic) bond motifs is 2. The molecule has 1 amide bonds. The lowest BCUT2D eigenvalue weighted by Gasteiger charge is -2.24. The first-order valence-electron chi connectivity index (χ1n) is 9.21. The summed E-state index contributed by atoms with van der Waals surface area (Å²) < 4.78 is 21.7. The quantitative estimate of drug-likeness (QED) is 0.680. The van der Waals surface area contributed by atoms with Gasteiger partial charge in [0.25, 0.3) is 0 Å². The number of methoxy groups -OCH3 is 2. The Morgan fingerprint density at radius 3 is 2.69 bits per heavy atom. The molecule has 0 radical (unpaired) electrons. The molecule has 0 aliphatic carbocycles. The number of benzene rings is 2. The SMILES string of the molecule is COc1ccc(-c2csc3c2NC(=O)C[C@H]3c2ccc3c(c2)OCO3)cc1OC. The van der Waals surface area contributed by atoms with Gasteiger partial charge >= 0.3 is 0 Å². The molecule has 0 bridgehead atoms. The van der Waals surface area contributed by atoms with Gasteiger partial charge in [0.2, 0.25) is 12.7 Å². The van der Waals surface area contributed by atoms with Crippen LogP contribution in [0.4, 0.5) is 5.69 Å². The fourth-order valence-electron chi connectivity index (χ4n) is 3.84. The van der Waals surface area contributed by atoms with Crippen molar-refractivity contribution in [2.45, 2.75) is 12.3 Å². The highest BCUT2D eigenvalue weighted by atomic mass is 32.1. The number of anilines is 1. The minimum atomic E-state index is -0.0212. The molecule has 2 aliphatic rings. The molecule has 3 heterocycles. The van der Waals surface area contributed by atoms with Crippen molar-refractivity contribution in [2.75, 3.05) is 26.3 Å². The fourth-order valence-corrected chi connectivity index (χ4v) is 5.00. The molecule has 7 heteroatoms. The number of hydrogen-bond donors (Lipinski definition) is 1. The molecule has 2 aromatic carbocycles. The zero-order valence-electron chi connectivity index (χ0n) is 16.0. The highest BCUT2D eigenvalue weighted by Gasteiger charge is 2.31. The van der Waals surface area contributed by atoms with Crippen molar-refractivity contribution in [1.29, 1.82) is 0 Å². The van der Waals surface area contributed by atoms with Gasteiger partial charge in [-0.15, -0.1) is 11.3 Å². The highest BCUT2D eigenvalue weighted by molar-refractivity contribution is 7.11. The van der Waals surface area contributed by atoms with Crippen LogP contribution in [-0.4, -0.2) is 26.9 Å². The van der Waals surface area contributed by atoms with E-state index < -0.39 is 0 Å². The van der Waals surface area contributed by atoms with Crippen LogP contribution in [0.5, 0.6) is 23.0 Å². The van der Waals surface area contributed by atoms with E-state index in [9.17, 15) is 4.79 Å². The largest absolute Gasteiger partial charge is 0.493 e. The molecule has 29 heavy (non-hydrogen) atoms. The third kappa shape index (κ3) is 2.98. The number of hydrogen-bond acceptors (Lipinski definition) is 6. The number of nitrogens with one attached hydrogen (secondary N) is 1. The van der Waals surface area contributed by atoms with E-state index in [1.807, 2.05) is 36.4 Å². The molecule has 1 atom stereocenters. The first kappa shape index (κ1) is 17.9. The Labute approximate surface area is 172 Å². The first-order valence-corrected chi connectivity index (χ1v) is 10.1. The van der Waals surface area contributed by atoms with E-state index in [4.69, 9.17) is 18.9 Å². The van der Waals surface area contributed by atoms with Crippen molar-refractivity contribution in [3.63, 3.8) is 0 Å². The summed E-state index contributed by atoms with van der Waals surface area (Å²) in [7, 11) is 3.22. The number of carbonyl (C=O) groups is 1. The van der Waals surface area contributed by atoms with Crippen molar-refractivity contribution in [2.24, 2.45) is 0 Å². The van der Waals surface area contributed by atoms with Gasteiger partial charge in [0.15, 0.2) is 23.0 Å². The van der Waals surface area contributed by atoms with Gasteiger partial charge in [-0.2, -0.15) is 0 Å². The average Bonchev–Trinajstić information content (AvgIpc) is 3.38. The third-order valence-corrected chi connectivity index (χ3v) is 6.38. The van der Waals surface area contributed by atoms with Gasteiger partial charge in [0.05, 0.1) is 19.9 Å². The molecule has 6 nitrogen and oxygen atoms in total. The van der Waals surface area contributed by atoms with E-state index >= 15 is 0 Å². The van der Waals surface area contributed by atoms with Crippen LogP contribution < -0.4 is 24.3 Å². The van der Waals surface area contributed by atoms with Gasteiger partial charge in [-0.05, 0) is 35.4 Å². The van der Waals surface area contributed by atoms with Crippen LogP contribution in [-0.2, 0) is 4.79 Å². The van der Waals surface area contributed by atoms with Gasteiger partial charge < -0.3 is 24.3 Å². The molecule has 0 saturated heterocycles. The van der Waals surface area contributed by atoms with Crippen LogP contribution in [0.1, 0.15) is 22.8 Å². The second-order valence-corrected chi connectivity index (χ2v) is 7.79. The molecule has 2 aliphatic heterocycles. The summed E-state index contributed by atoms with van der Waals surface area (Å²) in [6.45, 7) is 0.234. The summed E-state index contributed by atoms with van der Waals surface area (Å²) in [5.41, 5.74) is 3.85. The molecule has 0 unspecified atom stereocenters. The van der Waals surface area contributed by atoms with E-state index in [1.165, 1.54) is 0 Å². The molecule has 1 aromatic heterocycles. The Balaban J connectivity index is 1.57. The molecule has 1 N–H and O–H groups in total. The number of carbonyl (C=O) groups excluding carboxylic acids is 1. The molecule has 148 valence electrons. The minimum absolute atomic E-state index is 0.000272. The predicted octanol–water partition coefficient (Wildman–Crippen LogP) is 4.64. The smallest absolute Gasteiger partial charge is 0.231 e. The van der Waals surface area contributed by atoms with Gasteiger partial charge in [-0.25, -0.2) is 0 Å². The Hall–Kier alpha value is -3.19. The summed E-state index contributed by atoms with van der Waals surface area (Å²) >= 11 is 1.65. The first-order chi connectivity index (χ1) is 14.2. The van der Waals surface area contributed by atoms with Crippen LogP contribution >= 0.6 is 11.3 Å². The monoisotopic (exact) mass is 409 g/mol. The topological polar surface area (TPSA) is 66.0 Å². The Bertz CT molecular complexity index is 1110. The van der Waals surface area contributed by atoms with E-state index in [0.29, 0.717) is 17.9 Å². The van der Waals surface area contributed by atoms with Gasteiger partial charge in [-0.3, -0.25) is 4.79 Å². The zero-order chi connectivity index (χ0) is 20.0. The summed E-state index contributed by atoms with van der Waals surface area (Å²) in [5.74, 6) is 2.77. The lowest BCUT2D eigenvalue weighted by Crippen LogP contribution is -2.22. The van der Waals surface area contributed by atoms with Gasteiger partial charge in [0, 0.05) is 28.2 Å². The van der Waals surface area contributed by atoms with Crippen molar-refractivity contribution in [1.82, 2.24) is 0 Å². The number of rotatable bonds is 4. The fraction of sp³-hybridized carbons (Fsp3) is 0.227. The van der Waals surface area contributed by atoms with Crippen molar-refractivity contribution >= 4 is 22.9 Å². The van der Waals surface area contributed by atoms with Gasteiger partial charge in [0.1, 0.15) is 0 Å². The Morgan fingerprint density at radius 1 is 1.03 bits per heavy atom. The summed E-state index contributed by atoms with van der Waals surface area (Å²) in [4.78, 5) is 13.7. The Morgan fingerprint density at radius 2 is 1.86 bits per heavy atom. The van der Waals surface area contributed by atoms with E-state index in [-0.39, 0.29) is 18.6 Å². The summed E-state index contributed by atoms with van der Waals surface area (Å²) in [6, 6.07) is 11.7. The van der Waals surface area contributed by atoms with Crippen LogP contribution in [0.3, 0.4) is 0 Å². The van der Waals surface area contributed by atoms with E-state index in [2.05, 4.69) is 10.7 Å². The summed E-state index contributed by atoms with van der Waals surface area (Å²) in [6.07, 6.45) is 0.401. The maximum absolute atomic E-state index is 12.5. The molecule has 0 saturated carbocycles. The molecule has 0 spiro atoms. The maximum Gasteiger partial charge on any atom is 0.231 e. The standard InChI is InChI=1S/C22H19NO5S/c1-25-16-5-3-13(7-18(16)26-2)15-10-29-22-14(9-20(24)23-21(15)22)12-4-6-17-19(8-12)28-11-27-17/h3-8,10,14H,9,11H2,1-2H3,(H,23,24)/t14-/m0/s1. The molecular weight excluding hydrogens is 390 g/mol. The minimum Gasteiger partial charge on any atom is -0.493 e. The van der Waals surface area contributed by atoms with E-state index in [1.54, 1.807) is 25.6 Å². The molecule has 5 rings (SSSR count). The lowest BCUT2D eigenvalue weighted by atomic mass is 9.89. The Kier molecular flexibility index (Phi) is 4.32. The second kappa shape index (κ2) is 7.00. The normalized spacial score (nSPS) is 16.9. The van der Waals surface area contributed by atoms with Crippen molar-refractivity contribution < 1.29 is 23.7 Å². The predicted molar refractivity (Wildman–Crippen MR) is 111 cm³/mol. The molecule has 3 aromatic rings. The highest BCUT2D eigenvalue weighted by Crippen LogP contribution is 2.48. The average molecular weight is 409 g/mol. The molecular formula is C22H19NO5S. The third-order valence-electron chi connectivity index (χ3n) is 5.28. The van der Waals surface area contributed by atoms with Crippen LogP contribution in [0.25, 0.3) is 11.1 Å². The van der Waals surface area contributed by atoms with E-state index in [0.717, 1.165) is 38.8 Å². The van der Waals surface area contributed by atoms with Crippen molar-refractivity contribution in [3.8, 4) is 34.1 Å². The number of ether oxygens (including phenoxy) is 4. The molecule has 0 fully saturated rings. The van der Waals surface area contributed by atoms with Crippen LogP contribution in [0.2, 0.25) is 0 Å².